The predicted molar refractivity (Wildman–Crippen MR) is 52.4 cm³/mol. The van der Waals surface area contributed by atoms with Crippen molar-refractivity contribution in [2.45, 2.75) is 18.8 Å². The Kier molecular flexibility index (Phi) is 1.63. The van der Waals surface area contributed by atoms with Crippen LogP contribution in [-0.2, 0) is 4.79 Å². The van der Waals surface area contributed by atoms with Crippen LogP contribution < -0.4 is 4.74 Å². The molecular weight excluding hydrogens is 176 g/mol. The first-order valence-corrected chi connectivity index (χ1v) is 5.12. The monoisotopic (exact) mass is 188 g/mol. The zero-order valence-corrected chi connectivity index (χ0v) is 7.90. The summed E-state index contributed by atoms with van der Waals surface area (Å²) in [5.74, 6) is 1.62. The van der Waals surface area contributed by atoms with Crippen molar-refractivity contribution in [2.75, 3.05) is 6.61 Å². The Hall–Kier alpha value is -1.31. The lowest BCUT2D eigenvalue weighted by Crippen LogP contribution is -2.15. The summed E-state index contributed by atoms with van der Waals surface area (Å²) in [6.07, 6.45) is 2.16. The number of carbonyl (C=O) groups excluding carboxylic acids is 1. The molecule has 1 aliphatic carbocycles. The number of para-hydroxylation sites is 1. The largest absolute Gasteiger partial charge is 0.492 e. The summed E-state index contributed by atoms with van der Waals surface area (Å²) in [4.78, 5) is 11.9. The van der Waals surface area contributed by atoms with Crippen LogP contribution in [0.2, 0.25) is 0 Å². The Balaban J connectivity index is 1.93. The maximum atomic E-state index is 11.9. The fourth-order valence-electron chi connectivity index (χ4n) is 2.05. The second-order valence-corrected chi connectivity index (χ2v) is 4.08. The van der Waals surface area contributed by atoms with Crippen LogP contribution in [0.15, 0.2) is 24.3 Å². The molecule has 2 heteroatoms. The van der Waals surface area contributed by atoms with Gasteiger partial charge in [-0.25, -0.2) is 0 Å². The van der Waals surface area contributed by atoms with Crippen molar-refractivity contribution in [1.29, 1.82) is 0 Å². The van der Waals surface area contributed by atoms with E-state index in [4.69, 9.17) is 4.74 Å². The van der Waals surface area contributed by atoms with Crippen LogP contribution in [0.5, 0.6) is 5.75 Å². The van der Waals surface area contributed by atoms with E-state index in [0.29, 0.717) is 18.3 Å². The third-order valence-corrected chi connectivity index (χ3v) is 3.02. The van der Waals surface area contributed by atoms with E-state index < -0.39 is 0 Å². The molecule has 1 aromatic rings. The molecule has 72 valence electrons. The summed E-state index contributed by atoms with van der Waals surface area (Å²) in [5.41, 5.74) is 1.09. The summed E-state index contributed by atoms with van der Waals surface area (Å²) < 4.78 is 5.49. The minimum Gasteiger partial charge on any atom is -0.492 e. The zero-order valence-electron chi connectivity index (χ0n) is 7.90. The molecule has 0 N–H and O–H groups in total. The summed E-state index contributed by atoms with van der Waals surface area (Å²) in [5, 5.41) is 0. The first-order valence-electron chi connectivity index (χ1n) is 5.12. The van der Waals surface area contributed by atoms with Gasteiger partial charge >= 0.3 is 0 Å². The van der Waals surface area contributed by atoms with Crippen LogP contribution in [0.3, 0.4) is 0 Å². The van der Waals surface area contributed by atoms with E-state index in [0.717, 1.165) is 24.2 Å². The summed E-state index contributed by atoms with van der Waals surface area (Å²) >= 11 is 0. The van der Waals surface area contributed by atoms with Crippen molar-refractivity contribution < 1.29 is 9.53 Å². The van der Waals surface area contributed by atoms with Crippen LogP contribution >= 0.6 is 0 Å². The van der Waals surface area contributed by atoms with Crippen LogP contribution in [0.25, 0.3) is 0 Å². The molecular formula is C12H12O2. The minimum atomic E-state index is 0.0127. The minimum absolute atomic E-state index is 0.0127. The number of ketones is 1. The van der Waals surface area contributed by atoms with Crippen molar-refractivity contribution in [2.24, 2.45) is 5.92 Å². The van der Waals surface area contributed by atoms with Gasteiger partial charge in [-0.1, -0.05) is 18.2 Å². The highest BCUT2D eigenvalue weighted by molar-refractivity contribution is 5.91. The number of rotatable bonds is 2. The van der Waals surface area contributed by atoms with Gasteiger partial charge in [0.1, 0.15) is 18.1 Å². The highest BCUT2D eigenvalue weighted by atomic mass is 16.5. The van der Waals surface area contributed by atoms with Gasteiger partial charge in [-0.05, 0) is 18.9 Å². The van der Waals surface area contributed by atoms with Crippen LogP contribution in [0, 0.1) is 5.92 Å². The average Bonchev–Trinajstić information content (AvgIpc) is 2.97. The standard InChI is InChI=1S/C12H12O2/c13-12(8-5-6-8)10-7-14-11-4-2-1-3-9(10)11/h1-4,8,10H,5-7H2. The van der Waals surface area contributed by atoms with Gasteiger partial charge in [-0.2, -0.15) is 0 Å². The molecule has 1 aromatic carbocycles. The third kappa shape index (κ3) is 1.14. The first kappa shape index (κ1) is 8.04. The van der Waals surface area contributed by atoms with Crippen LogP contribution in [0.1, 0.15) is 24.3 Å². The van der Waals surface area contributed by atoms with Gasteiger partial charge in [0.25, 0.3) is 0 Å². The van der Waals surface area contributed by atoms with E-state index in [1.54, 1.807) is 0 Å². The van der Waals surface area contributed by atoms with Gasteiger partial charge in [0, 0.05) is 11.5 Å². The molecule has 0 saturated heterocycles. The maximum absolute atomic E-state index is 11.9. The molecule has 0 radical (unpaired) electrons. The van der Waals surface area contributed by atoms with Crippen LogP contribution in [-0.4, -0.2) is 12.4 Å². The molecule has 0 amide bonds. The molecule has 2 aliphatic rings. The maximum Gasteiger partial charge on any atom is 0.146 e. The molecule has 1 aliphatic heterocycles. The van der Waals surface area contributed by atoms with Gasteiger partial charge in [0.15, 0.2) is 0 Å². The Morgan fingerprint density at radius 2 is 2.07 bits per heavy atom. The number of hydrogen-bond acceptors (Lipinski definition) is 2. The molecule has 1 saturated carbocycles. The molecule has 2 nitrogen and oxygen atoms in total. The first-order chi connectivity index (χ1) is 6.86. The van der Waals surface area contributed by atoms with Crippen molar-refractivity contribution in [3.63, 3.8) is 0 Å². The summed E-state index contributed by atoms with van der Waals surface area (Å²) in [7, 11) is 0. The smallest absolute Gasteiger partial charge is 0.146 e. The Morgan fingerprint density at radius 3 is 2.86 bits per heavy atom. The van der Waals surface area contributed by atoms with E-state index in [1.165, 1.54) is 0 Å². The van der Waals surface area contributed by atoms with Crippen LogP contribution in [0.4, 0.5) is 0 Å². The molecule has 1 unspecified atom stereocenters. The molecule has 1 heterocycles. The Bertz CT molecular complexity index is 380. The Labute approximate surface area is 82.9 Å². The van der Waals surface area contributed by atoms with E-state index in [-0.39, 0.29) is 5.92 Å². The van der Waals surface area contributed by atoms with E-state index in [9.17, 15) is 4.79 Å². The van der Waals surface area contributed by atoms with Crippen molar-refractivity contribution >= 4 is 5.78 Å². The normalized spacial score (nSPS) is 24.1. The summed E-state index contributed by atoms with van der Waals surface area (Å²) in [6, 6.07) is 7.87. The van der Waals surface area contributed by atoms with Crippen molar-refractivity contribution in [1.82, 2.24) is 0 Å². The second kappa shape index (κ2) is 2.84. The van der Waals surface area contributed by atoms with E-state index in [1.807, 2.05) is 24.3 Å². The summed E-state index contributed by atoms with van der Waals surface area (Å²) in [6.45, 7) is 0.550. The topological polar surface area (TPSA) is 26.3 Å². The number of Topliss-reactive ketones (excluding diaryl/α,β-unsaturated/α-hetero) is 1. The number of fused-ring (bicyclic) bond motifs is 1. The zero-order chi connectivity index (χ0) is 9.54. The van der Waals surface area contributed by atoms with Crippen molar-refractivity contribution in [3.05, 3.63) is 29.8 Å². The molecule has 3 rings (SSSR count). The fourth-order valence-corrected chi connectivity index (χ4v) is 2.05. The number of ether oxygens (including phenoxy) is 1. The van der Waals surface area contributed by atoms with Gasteiger partial charge < -0.3 is 4.74 Å². The molecule has 0 bridgehead atoms. The molecule has 14 heavy (non-hydrogen) atoms. The van der Waals surface area contributed by atoms with Gasteiger partial charge in [-0.3, -0.25) is 4.79 Å². The predicted octanol–water partition coefficient (Wildman–Crippen LogP) is 2.14. The third-order valence-electron chi connectivity index (χ3n) is 3.02. The quantitative estimate of drug-likeness (QED) is 0.710. The van der Waals surface area contributed by atoms with Gasteiger partial charge in [0.2, 0.25) is 0 Å². The highest BCUT2D eigenvalue weighted by Crippen LogP contribution is 2.41. The number of benzene rings is 1. The second-order valence-electron chi connectivity index (χ2n) is 4.08. The fraction of sp³-hybridized carbons (Fsp3) is 0.417. The van der Waals surface area contributed by atoms with Gasteiger partial charge in [-0.15, -0.1) is 0 Å². The highest BCUT2D eigenvalue weighted by Gasteiger charge is 2.39. The molecule has 0 spiro atoms. The number of carbonyl (C=O) groups is 1. The van der Waals surface area contributed by atoms with Crippen molar-refractivity contribution in [3.8, 4) is 5.75 Å². The Morgan fingerprint density at radius 1 is 1.29 bits per heavy atom. The molecule has 0 aromatic heterocycles. The molecule has 1 atom stereocenters. The van der Waals surface area contributed by atoms with E-state index in [2.05, 4.69) is 0 Å². The average molecular weight is 188 g/mol. The van der Waals surface area contributed by atoms with E-state index >= 15 is 0 Å². The molecule has 1 fully saturated rings. The lowest BCUT2D eigenvalue weighted by atomic mass is 9.94. The lowest BCUT2D eigenvalue weighted by Gasteiger charge is -2.05. The van der Waals surface area contributed by atoms with Gasteiger partial charge in [0.05, 0.1) is 5.92 Å². The SMILES string of the molecule is O=C(C1CC1)C1COc2ccccc21. The number of hydrogen-bond donors (Lipinski definition) is 0. The lowest BCUT2D eigenvalue weighted by molar-refractivity contribution is -0.121.